The van der Waals surface area contributed by atoms with E-state index in [1.807, 2.05) is 0 Å². The molecule has 2 aromatic rings. The summed E-state index contributed by atoms with van der Waals surface area (Å²) in [5.41, 5.74) is 2.29. The highest BCUT2D eigenvalue weighted by Crippen LogP contribution is 2.17. The van der Waals surface area contributed by atoms with E-state index in [2.05, 4.69) is 4.74 Å². The van der Waals surface area contributed by atoms with Crippen LogP contribution in [0, 0.1) is 0 Å². The number of carbonyl (C=O) groups is 4. The minimum atomic E-state index is -0.489. The summed E-state index contributed by atoms with van der Waals surface area (Å²) >= 11 is 0. The number of ether oxygens (including phenoxy) is 2. The smallest absolute Gasteiger partial charge is 0.338 e. The largest absolute Gasteiger partial charge is 0.465 e. The van der Waals surface area contributed by atoms with Gasteiger partial charge < -0.3 is 9.47 Å². The first-order valence-corrected chi connectivity index (χ1v) is 8.74. The van der Waals surface area contributed by atoms with Gasteiger partial charge >= 0.3 is 11.9 Å². The SMILES string of the molecule is COC(=O)c1ccc(COC(=O)c2ccc(CN3C(=O)CCC3=O)cc2)cc1. The molecule has 1 aliphatic heterocycles. The number of methoxy groups -OCH3 is 1. The van der Waals surface area contributed by atoms with Crippen LogP contribution in [-0.2, 0) is 32.2 Å². The highest BCUT2D eigenvalue weighted by Gasteiger charge is 2.28. The lowest BCUT2D eigenvalue weighted by Crippen LogP contribution is -2.28. The fourth-order valence-electron chi connectivity index (χ4n) is 2.82. The van der Waals surface area contributed by atoms with Crippen molar-refractivity contribution in [2.75, 3.05) is 7.11 Å². The molecule has 1 saturated heterocycles. The molecule has 2 aromatic carbocycles. The Morgan fingerprint density at radius 3 is 1.86 bits per heavy atom. The number of hydrogen-bond acceptors (Lipinski definition) is 6. The molecule has 0 spiro atoms. The predicted octanol–water partition coefficient (Wildman–Crippen LogP) is 2.48. The molecule has 0 unspecified atom stereocenters. The van der Waals surface area contributed by atoms with Crippen LogP contribution in [0.15, 0.2) is 48.5 Å². The monoisotopic (exact) mass is 381 g/mol. The number of likely N-dealkylation sites (tertiary alicyclic amines) is 1. The van der Waals surface area contributed by atoms with Crippen LogP contribution < -0.4 is 0 Å². The third-order valence-corrected chi connectivity index (χ3v) is 4.43. The van der Waals surface area contributed by atoms with Crippen molar-refractivity contribution in [3.05, 3.63) is 70.8 Å². The second-order valence-corrected chi connectivity index (χ2v) is 6.34. The van der Waals surface area contributed by atoms with E-state index in [4.69, 9.17) is 4.74 Å². The molecular weight excluding hydrogens is 362 g/mol. The van der Waals surface area contributed by atoms with Crippen LogP contribution in [0.3, 0.4) is 0 Å². The van der Waals surface area contributed by atoms with Gasteiger partial charge in [-0.05, 0) is 35.4 Å². The van der Waals surface area contributed by atoms with Crippen LogP contribution in [-0.4, -0.2) is 35.8 Å². The molecular formula is C21H19NO6. The topological polar surface area (TPSA) is 90.0 Å². The first-order chi connectivity index (χ1) is 13.5. The maximum Gasteiger partial charge on any atom is 0.338 e. The number of rotatable bonds is 6. The van der Waals surface area contributed by atoms with Crippen molar-refractivity contribution in [3.63, 3.8) is 0 Å². The van der Waals surface area contributed by atoms with Crippen molar-refractivity contribution in [3.8, 4) is 0 Å². The van der Waals surface area contributed by atoms with Crippen LogP contribution >= 0.6 is 0 Å². The molecule has 144 valence electrons. The second kappa shape index (κ2) is 8.47. The molecule has 0 bridgehead atoms. The fraction of sp³-hybridized carbons (Fsp3) is 0.238. The quantitative estimate of drug-likeness (QED) is 0.564. The number of esters is 2. The van der Waals surface area contributed by atoms with E-state index in [9.17, 15) is 19.2 Å². The lowest BCUT2D eigenvalue weighted by Gasteiger charge is -2.13. The number of amides is 2. The lowest BCUT2D eigenvalue weighted by atomic mass is 10.1. The van der Waals surface area contributed by atoms with Crippen molar-refractivity contribution < 1.29 is 28.7 Å². The highest BCUT2D eigenvalue weighted by molar-refractivity contribution is 6.01. The maximum absolute atomic E-state index is 12.2. The summed E-state index contributed by atoms with van der Waals surface area (Å²) in [7, 11) is 1.31. The summed E-state index contributed by atoms with van der Waals surface area (Å²) < 4.78 is 9.91. The molecule has 1 heterocycles. The Morgan fingerprint density at radius 2 is 1.32 bits per heavy atom. The molecule has 0 aliphatic carbocycles. The van der Waals surface area contributed by atoms with Gasteiger partial charge in [0, 0.05) is 12.8 Å². The van der Waals surface area contributed by atoms with Gasteiger partial charge in [0.05, 0.1) is 24.8 Å². The summed E-state index contributed by atoms with van der Waals surface area (Å²) in [6.45, 7) is 0.276. The van der Waals surface area contributed by atoms with Crippen molar-refractivity contribution in [2.45, 2.75) is 26.0 Å². The Kier molecular flexibility index (Phi) is 5.84. The van der Waals surface area contributed by atoms with Crippen molar-refractivity contribution >= 4 is 23.8 Å². The molecule has 28 heavy (non-hydrogen) atoms. The molecule has 0 N–H and O–H groups in total. The van der Waals surface area contributed by atoms with Gasteiger partial charge in [-0.2, -0.15) is 0 Å². The molecule has 0 radical (unpaired) electrons. The van der Waals surface area contributed by atoms with Crippen LogP contribution in [0.25, 0.3) is 0 Å². The molecule has 0 atom stereocenters. The Bertz CT molecular complexity index is 885. The average Bonchev–Trinajstić information content (AvgIpc) is 3.04. The summed E-state index contributed by atoms with van der Waals surface area (Å²) in [5.74, 6) is -1.27. The van der Waals surface area contributed by atoms with Gasteiger partial charge in [0.2, 0.25) is 11.8 Å². The van der Waals surface area contributed by atoms with Crippen LogP contribution in [0.4, 0.5) is 0 Å². The molecule has 0 aromatic heterocycles. The van der Waals surface area contributed by atoms with E-state index in [1.54, 1.807) is 48.5 Å². The second-order valence-electron chi connectivity index (χ2n) is 6.34. The Balaban J connectivity index is 1.55. The summed E-state index contributed by atoms with van der Waals surface area (Å²) in [6, 6.07) is 13.2. The number of hydrogen-bond donors (Lipinski definition) is 0. The summed E-state index contributed by atoms with van der Waals surface area (Å²) in [6.07, 6.45) is 0.508. The van der Waals surface area contributed by atoms with Crippen molar-refractivity contribution in [2.24, 2.45) is 0 Å². The van der Waals surface area contributed by atoms with E-state index in [0.717, 1.165) is 11.1 Å². The fourth-order valence-corrected chi connectivity index (χ4v) is 2.82. The number of carbonyl (C=O) groups excluding carboxylic acids is 4. The zero-order valence-electron chi connectivity index (χ0n) is 15.3. The van der Waals surface area contributed by atoms with Gasteiger partial charge in [-0.3, -0.25) is 14.5 Å². The van der Waals surface area contributed by atoms with Gasteiger partial charge in [0.25, 0.3) is 0 Å². The number of nitrogens with zero attached hydrogens (tertiary/aromatic N) is 1. The molecule has 2 amide bonds. The van der Waals surface area contributed by atoms with E-state index < -0.39 is 11.9 Å². The highest BCUT2D eigenvalue weighted by atomic mass is 16.5. The van der Waals surface area contributed by atoms with Gasteiger partial charge in [-0.1, -0.05) is 24.3 Å². The Labute approximate surface area is 161 Å². The third-order valence-electron chi connectivity index (χ3n) is 4.43. The van der Waals surface area contributed by atoms with Crippen LogP contribution in [0.5, 0.6) is 0 Å². The van der Waals surface area contributed by atoms with Gasteiger partial charge in [0.1, 0.15) is 6.61 Å². The zero-order chi connectivity index (χ0) is 20.1. The van der Waals surface area contributed by atoms with Gasteiger partial charge in [-0.25, -0.2) is 9.59 Å². The number of benzene rings is 2. The molecule has 0 saturated carbocycles. The first-order valence-electron chi connectivity index (χ1n) is 8.74. The Hall–Kier alpha value is -3.48. The van der Waals surface area contributed by atoms with Gasteiger partial charge in [0.15, 0.2) is 0 Å². The standard InChI is InChI=1S/C21H19NO6/c1-27-20(25)16-8-4-15(5-9-16)13-28-21(26)17-6-2-14(3-7-17)12-22-18(23)10-11-19(22)24/h2-9H,10-13H2,1H3. The molecule has 1 fully saturated rings. The Morgan fingerprint density at radius 1 is 0.821 bits per heavy atom. The minimum Gasteiger partial charge on any atom is -0.465 e. The summed E-state index contributed by atoms with van der Waals surface area (Å²) in [4.78, 5) is 48.1. The first kappa shape index (κ1) is 19.3. The predicted molar refractivity (Wildman–Crippen MR) is 98.1 cm³/mol. The molecule has 7 heteroatoms. The van der Waals surface area contributed by atoms with Crippen molar-refractivity contribution in [1.82, 2.24) is 4.90 Å². The lowest BCUT2D eigenvalue weighted by molar-refractivity contribution is -0.139. The minimum absolute atomic E-state index is 0.0683. The van der Waals surface area contributed by atoms with E-state index in [0.29, 0.717) is 11.1 Å². The van der Waals surface area contributed by atoms with E-state index >= 15 is 0 Å². The van der Waals surface area contributed by atoms with Gasteiger partial charge in [-0.15, -0.1) is 0 Å². The van der Waals surface area contributed by atoms with Crippen LogP contribution in [0.1, 0.15) is 44.7 Å². The zero-order valence-corrected chi connectivity index (χ0v) is 15.3. The van der Waals surface area contributed by atoms with Crippen LogP contribution in [0.2, 0.25) is 0 Å². The normalized spacial score (nSPS) is 13.5. The summed E-state index contributed by atoms with van der Waals surface area (Å²) in [5, 5.41) is 0. The molecule has 7 nitrogen and oxygen atoms in total. The molecule has 1 aliphatic rings. The molecule has 3 rings (SSSR count). The number of imide groups is 1. The van der Waals surface area contributed by atoms with Crippen molar-refractivity contribution in [1.29, 1.82) is 0 Å². The average molecular weight is 381 g/mol. The maximum atomic E-state index is 12.2. The van der Waals surface area contributed by atoms with E-state index in [1.165, 1.54) is 12.0 Å². The van der Waals surface area contributed by atoms with E-state index in [-0.39, 0.29) is 37.8 Å². The third kappa shape index (κ3) is 4.43.